The molecule has 0 aromatic carbocycles. The Hall–Kier alpha value is -1.06. The Labute approximate surface area is 94.3 Å². The maximum atomic E-state index is 5.85. The Morgan fingerprint density at radius 2 is 2.40 bits per heavy atom. The van der Waals surface area contributed by atoms with Gasteiger partial charge in [-0.3, -0.25) is 4.90 Å². The first-order chi connectivity index (χ1) is 7.29. The van der Waals surface area contributed by atoms with E-state index in [2.05, 4.69) is 16.5 Å². The van der Waals surface area contributed by atoms with Crippen LogP contribution in [0, 0.1) is 0 Å². The molecule has 0 spiro atoms. The summed E-state index contributed by atoms with van der Waals surface area (Å²) in [7, 11) is 0. The molecule has 0 N–H and O–H groups in total. The lowest BCUT2D eigenvalue weighted by Crippen LogP contribution is -2.39. The number of halogens is 1. The zero-order valence-corrected chi connectivity index (χ0v) is 9.20. The van der Waals surface area contributed by atoms with Gasteiger partial charge in [-0.05, 0) is 12.5 Å². The van der Waals surface area contributed by atoms with Crippen LogP contribution < -0.4 is 4.74 Å². The summed E-state index contributed by atoms with van der Waals surface area (Å²) in [6.07, 6.45) is 4.57. The van der Waals surface area contributed by atoms with E-state index in [0.29, 0.717) is 11.9 Å². The van der Waals surface area contributed by atoms with Gasteiger partial charge < -0.3 is 4.74 Å². The van der Waals surface area contributed by atoms with Gasteiger partial charge in [-0.1, -0.05) is 24.3 Å². The molecule has 1 aromatic heterocycles. The fourth-order valence-electron chi connectivity index (χ4n) is 1.34. The molecule has 1 aliphatic rings. The van der Waals surface area contributed by atoms with Crippen molar-refractivity contribution in [2.24, 2.45) is 0 Å². The lowest BCUT2D eigenvalue weighted by Gasteiger charge is -2.30. The molecule has 1 aromatic rings. The summed E-state index contributed by atoms with van der Waals surface area (Å²) in [6.45, 7) is 6.53. The van der Waals surface area contributed by atoms with E-state index >= 15 is 0 Å². The van der Waals surface area contributed by atoms with Gasteiger partial charge in [0.25, 0.3) is 0 Å². The first kappa shape index (κ1) is 10.5. The average Bonchev–Trinajstić information content (AvgIpc) is 2.18. The van der Waals surface area contributed by atoms with Crippen LogP contribution in [0.1, 0.15) is 12.0 Å². The first-order valence-electron chi connectivity index (χ1n) is 4.93. The fraction of sp³-hybridized carbons (Fsp3) is 0.364. The third kappa shape index (κ3) is 2.49. The number of rotatable bonds is 4. The summed E-state index contributed by atoms with van der Waals surface area (Å²) in [5.41, 5.74) is 0.803. The lowest BCUT2D eigenvalue weighted by atomic mass is 10.2. The van der Waals surface area contributed by atoms with E-state index < -0.39 is 0 Å². The molecule has 0 radical (unpaired) electrons. The fourth-order valence-corrected chi connectivity index (χ4v) is 1.52. The third-order valence-electron chi connectivity index (χ3n) is 2.42. The highest BCUT2D eigenvalue weighted by atomic mass is 35.5. The van der Waals surface area contributed by atoms with E-state index in [4.69, 9.17) is 16.3 Å². The van der Waals surface area contributed by atoms with E-state index in [0.717, 1.165) is 24.4 Å². The minimum atomic E-state index is 0.460. The molecule has 0 saturated carbocycles. The van der Waals surface area contributed by atoms with Crippen molar-refractivity contribution in [2.45, 2.75) is 6.42 Å². The molecule has 0 atom stereocenters. The number of pyridine rings is 1. The Kier molecular flexibility index (Phi) is 3.23. The number of hydrogen-bond donors (Lipinski definition) is 0. The molecule has 15 heavy (non-hydrogen) atoms. The smallest absolute Gasteiger partial charge is 0.142 e. The minimum absolute atomic E-state index is 0.460. The van der Waals surface area contributed by atoms with Crippen molar-refractivity contribution in [3.8, 4) is 5.75 Å². The Balaban J connectivity index is 1.98. The predicted molar refractivity (Wildman–Crippen MR) is 61.0 cm³/mol. The van der Waals surface area contributed by atoms with E-state index in [1.165, 1.54) is 6.42 Å². The second-order valence-electron chi connectivity index (χ2n) is 3.50. The zero-order chi connectivity index (χ0) is 10.7. The molecule has 0 unspecified atom stereocenters. The topological polar surface area (TPSA) is 25.4 Å². The highest BCUT2D eigenvalue weighted by molar-refractivity contribution is 6.30. The van der Waals surface area contributed by atoms with Crippen molar-refractivity contribution in [1.82, 2.24) is 9.88 Å². The monoisotopic (exact) mass is 224 g/mol. The van der Waals surface area contributed by atoms with Crippen molar-refractivity contribution in [3.05, 3.63) is 29.6 Å². The first-order valence-corrected chi connectivity index (χ1v) is 5.30. The van der Waals surface area contributed by atoms with Gasteiger partial charge in [0.05, 0.1) is 6.20 Å². The molecule has 1 saturated heterocycles. The molecule has 3 nitrogen and oxygen atoms in total. The van der Waals surface area contributed by atoms with E-state index in [9.17, 15) is 0 Å². The van der Waals surface area contributed by atoms with Crippen LogP contribution in [0.15, 0.2) is 18.8 Å². The van der Waals surface area contributed by atoms with Gasteiger partial charge in [-0.2, -0.15) is 0 Å². The van der Waals surface area contributed by atoms with Crippen molar-refractivity contribution in [2.75, 3.05) is 19.8 Å². The summed E-state index contributed by atoms with van der Waals surface area (Å²) in [4.78, 5) is 6.25. The third-order valence-corrected chi connectivity index (χ3v) is 2.74. The highest BCUT2D eigenvalue weighted by Crippen LogP contribution is 2.20. The van der Waals surface area contributed by atoms with Gasteiger partial charge in [0.1, 0.15) is 17.6 Å². The molecule has 1 aliphatic heterocycles. The normalized spacial score (nSPS) is 15.8. The quantitative estimate of drug-likeness (QED) is 0.735. The maximum Gasteiger partial charge on any atom is 0.142 e. The average molecular weight is 225 g/mol. The molecule has 0 amide bonds. The van der Waals surface area contributed by atoms with Crippen LogP contribution in [0.5, 0.6) is 5.75 Å². The molecule has 2 rings (SSSR count). The van der Waals surface area contributed by atoms with Gasteiger partial charge in [-0.25, -0.2) is 4.98 Å². The Morgan fingerprint density at radius 1 is 1.60 bits per heavy atom. The van der Waals surface area contributed by atoms with E-state index in [1.807, 2.05) is 6.07 Å². The number of ether oxygens (including phenoxy) is 1. The van der Waals surface area contributed by atoms with Gasteiger partial charge in [-0.15, -0.1) is 0 Å². The zero-order valence-electron chi connectivity index (χ0n) is 8.45. The highest BCUT2D eigenvalue weighted by Gasteiger charge is 2.13. The van der Waals surface area contributed by atoms with Crippen LogP contribution in [0.4, 0.5) is 0 Å². The van der Waals surface area contributed by atoms with Crippen molar-refractivity contribution < 1.29 is 4.74 Å². The summed E-state index contributed by atoms with van der Waals surface area (Å²) >= 11 is 5.85. The summed E-state index contributed by atoms with van der Waals surface area (Å²) in [6, 6.07) is 1.85. The van der Waals surface area contributed by atoms with Gasteiger partial charge >= 0.3 is 0 Å². The van der Waals surface area contributed by atoms with Crippen LogP contribution in [0.3, 0.4) is 0 Å². The van der Waals surface area contributed by atoms with Crippen LogP contribution in [0.2, 0.25) is 5.15 Å². The van der Waals surface area contributed by atoms with Crippen molar-refractivity contribution in [1.29, 1.82) is 0 Å². The largest absolute Gasteiger partial charge is 0.477 e. The SMILES string of the molecule is C=Cc1cc(OCN2CCC2)cnc1Cl. The molecule has 2 heterocycles. The van der Waals surface area contributed by atoms with Crippen molar-refractivity contribution in [3.63, 3.8) is 0 Å². The number of aromatic nitrogens is 1. The number of nitrogens with zero attached hydrogens (tertiary/aromatic N) is 2. The Morgan fingerprint density at radius 3 is 3.00 bits per heavy atom. The Bertz CT molecular complexity index is 364. The van der Waals surface area contributed by atoms with Crippen LogP contribution in [-0.2, 0) is 0 Å². The van der Waals surface area contributed by atoms with Crippen molar-refractivity contribution >= 4 is 17.7 Å². The molecule has 80 valence electrons. The predicted octanol–water partition coefficient (Wildman–Crippen LogP) is 2.42. The second-order valence-corrected chi connectivity index (χ2v) is 3.86. The molecule has 0 bridgehead atoms. The minimum Gasteiger partial charge on any atom is -0.477 e. The second kappa shape index (κ2) is 4.64. The van der Waals surface area contributed by atoms with Gasteiger partial charge in [0.15, 0.2) is 0 Å². The number of likely N-dealkylation sites (tertiary alicyclic amines) is 1. The van der Waals surface area contributed by atoms with Crippen LogP contribution in [-0.4, -0.2) is 29.7 Å². The summed E-state index contributed by atoms with van der Waals surface area (Å²) < 4.78 is 5.56. The summed E-state index contributed by atoms with van der Waals surface area (Å²) in [5, 5.41) is 0.460. The summed E-state index contributed by atoms with van der Waals surface area (Å²) in [5.74, 6) is 0.737. The molecular formula is C11H13ClN2O. The van der Waals surface area contributed by atoms with Gasteiger partial charge in [0, 0.05) is 18.7 Å². The molecular weight excluding hydrogens is 212 g/mol. The standard InChI is InChI=1S/C11H13ClN2O/c1-2-9-6-10(7-13-11(9)12)15-8-14-4-3-5-14/h2,6-7H,1,3-5,8H2. The van der Waals surface area contributed by atoms with Crippen LogP contribution >= 0.6 is 11.6 Å². The molecule has 1 fully saturated rings. The molecule has 0 aliphatic carbocycles. The maximum absolute atomic E-state index is 5.85. The molecule has 4 heteroatoms. The van der Waals surface area contributed by atoms with Crippen LogP contribution in [0.25, 0.3) is 6.08 Å². The van der Waals surface area contributed by atoms with E-state index in [-0.39, 0.29) is 0 Å². The van der Waals surface area contributed by atoms with E-state index in [1.54, 1.807) is 12.3 Å². The number of hydrogen-bond acceptors (Lipinski definition) is 3. The van der Waals surface area contributed by atoms with Gasteiger partial charge in [0.2, 0.25) is 0 Å². The lowest BCUT2D eigenvalue weighted by molar-refractivity contribution is 0.0728.